The fourth-order valence-corrected chi connectivity index (χ4v) is 2.86. The third-order valence-electron chi connectivity index (χ3n) is 3.39. The van der Waals surface area contributed by atoms with Gasteiger partial charge >= 0.3 is 0 Å². The van der Waals surface area contributed by atoms with Crippen LogP contribution in [0.25, 0.3) is 0 Å². The Bertz CT molecular complexity index is 433. The third kappa shape index (κ3) is 4.61. The van der Waals surface area contributed by atoms with E-state index in [1.165, 1.54) is 12.8 Å². The Morgan fingerprint density at radius 2 is 2.32 bits per heavy atom. The standard InChI is InChI=1S/C14H19IN2O.ClH/c1-10-4-2-6-12(13(10)15)14(18)17-9-11-5-3-7-16-8-11;/h2,4,6,11,16H,3,5,7-9H2,1H3,(H,17,18);1H. The number of hydrogen-bond donors (Lipinski definition) is 2. The number of amides is 1. The first kappa shape index (κ1) is 16.7. The minimum absolute atomic E-state index is 0. The molecule has 0 radical (unpaired) electrons. The lowest BCUT2D eigenvalue weighted by Gasteiger charge is -2.23. The number of hydrogen-bond acceptors (Lipinski definition) is 2. The summed E-state index contributed by atoms with van der Waals surface area (Å²) in [5.41, 5.74) is 1.95. The summed E-state index contributed by atoms with van der Waals surface area (Å²) in [5, 5.41) is 6.42. The summed E-state index contributed by atoms with van der Waals surface area (Å²) >= 11 is 2.24. The van der Waals surface area contributed by atoms with Gasteiger partial charge in [0, 0.05) is 10.1 Å². The molecule has 1 aliphatic rings. The zero-order valence-corrected chi connectivity index (χ0v) is 14.0. The van der Waals surface area contributed by atoms with Crippen LogP contribution in [0.2, 0.25) is 0 Å². The Kier molecular flexibility index (Phi) is 7.10. The zero-order valence-electron chi connectivity index (χ0n) is 11.0. The van der Waals surface area contributed by atoms with E-state index < -0.39 is 0 Å². The number of rotatable bonds is 3. The first-order valence-electron chi connectivity index (χ1n) is 6.42. The molecule has 106 valence electrons. The maximum Gasteiger partial charge on any atom is 0.252 e. The summed E-state index contributed by atoms with van der Waals surface area (Å²) in [6.45, 7) is 4.94. The molecule has 0 saturated carbocycles. The van der Waals surface area contributed by atoms with Crippen molar-refractivity contribution in [3.63, 3.8) is 0 Å². The van der Waals surface area contributed by atoms with Crippen LogP contribution in [0.4, 0.5) is 0 Å². The van der Waals surface area contributed by atoms with E-state index in [1.807, 2.05) is 25.1 Å². The lowest BCUT2D eigenvalue weighted by atomic mass is 9.99. The maximum absolute atomic E-state index is 12.1. The molecule has 0 aliphatic carbocycles. The number of aryl methyl sites for hydroxylation is 1. The van der Waals surface area contributed by atoms with Gasteiger partial charge in [-0.1, -0.05) is 12.1 Å². The topological polar surface area (TPSA) is 41.1 Å². The van der Waals surface area contributed by atoms with E-state index in [4.69, 9.17) is 0 Å². The van der Waals surface area contributed by atoms with E-state index in [9.17, 15) is 4.79 Å². The van der Waals surface area contributed by atoms with E-state index in [-0.39, 0.29) is 18.3 Å². The highest BCUT2D eigenvalue weighted by Crippen LogP contribution is 2.16. The number of carbonyl (C=O) groups is 1. The highest BCUT2D eigenvalue weighted by Gasteiger charge is 2.16. The molecule has 1 aromatic carbocycles. The van der Waals surface area contributed by atoms with Gasteiger partial charge in [-0.15, -0.1) is 12.4 Å². The number of nitrogens with one attached hydrogen (secondary N) is 2. The normalized spacial score (nSPS) is 18.5. The minimum atomic E-state index is 0. The van der Waals surface area contributed by atoms with E-state index in [0.717, 1.165) is 34.3 Å². The van der Waals surface area contributed by atoms with Crippen molar-refractivity contribution in [2.45, 2.75) is 19.8 Å². The van der Waals surface area contributed by atoms with Gasteiger partial charge in [-0.05, 0) is 73.0 Å². The van der Waals surface area contributed by atoms with Gasteiger partial charge in [0.15, 0.2) is 0 Å². The van der Waals surface area contributed by atoms with Crippen molar-refractivity contribution in [3.05, 3.63) is 32.9 Å². The summed E-state index contributed by atoms with van der Waals surface area (Å²) in [7, 11) is 0. The van der Waals surface area contributed by atoms with Crippen LogP contribution in [0.5, 0.6) is 0 Å². The molecule has 1 atom stereocenters. The number of piperidine rings is 1. The second kappa shape index (κ2) is 8.07. The van der Waals surface area contributed by atoms with Crippen molar-refractivity contribution in [2.75, 3.05) is 19.6 Å². The molecule has 1 aromatic rings. The van der Waals surface area contributed by atoms with Gasteiger partial charge in [-0.2, -0.15) is 0 Å². The summed E-state index contributed by atoms with van der Waals surface area (Å²) in [5.74, 6) is 0.624. The molecule has 1 aliphatic heterocycles. The van der Waals surface area contributed by atoms with Crippen LogP contribution in [-0.4, -0.2) is 25.5 Å². The van der Waals surface area contributed by atoms with Crippen LogP contribution in [0.1, 0.15) is 28.8 Å². The summed E-state index contributed by atoms with van der Waals surface area (Å²) in [6, 6.07) is 5.86. The Morgan fingerprint density at radius 1 is 1.53 bits per heavy atom. The Labute approximate surface area is 134 Å². The molecule has 2 N–H and O–H groups in total. The zero-order chi connectivity index (χ0) is 13.0. The van der Waals surface area contributed by atoms with Gasteiger partial charge < -0.3 is 10.6 Å². The SMILES string of the molecule is Cc1cccc(C(=O)NCC2CCCNC2)c1I.Cl. The van der Waals surface area contributed by atoms with Crippen molar-refractivity contribution in [1.29, 1.82) is 0 Å². The highest BCUT2D eigenvalue weighted by molar-refractivity contribution is 14.1. The van der Waals surface area contributed by atoms with E-state index >= 15 is 0 Å². The largest absolute Gasteiger partial charge is 0.352 e. The average molecular weight is 395 g/mol. The highest BCUT2D eigenvalue weighted by atomic mass is 127. The van der Waals surface area contributed by atoms with Gasteiger partial charge in [0.05, 0.1) is 5.56 Å². The van der Waals surface area contributed by atoms with Gasteiger partial charge in [-0.25, -0.2) is 0 Å². The quantitative estimate of drug-likeness (QED) is 0.774. The molecular weight excluding hydrogens is 375 g/mol. The number of carbonyl (C=O) groups excluding carboxylic acids is 1. The van der Waals surface area contributed by atoms with Crippen LogP contribution in [0.15, 0.2) is 18.2 Å². The summed E-state index contributed by atoms with van der Waals surface area (Å²) in [6.07, 6.45) is 2.42. The lowest BCUT2D eigenvalue weighted by molar-refractivity contribution is 0.0944. The third-order valence-corrected chi connectivity index (χ3v) is 4.82. The van der Waals surface area contributed by atoms with Crippen molar-refractivity contribution >= 4 is 40.9 Å². The molecule has 1 heterocycles. The summed E-state index contributed by atoms with van der Waals surface area (Å²) in [4.78, 5) is 12.1. The van der Waals surface area contributed by atoms with Crippen LogP contribution >= 0.6 is 35.0 Å². The van der Waals surface area contributed by atoms with Gasteiger partial charge in [-0.3, -0.25) is 4.79 Å². The average Bonchev–Trinajstić information content (AvgIpc) is 2.40. The Hall–Kier alpha value is -0.330. The van der Waals surface area contributed by atoms with Crippen molar-refractivity contribution in [2.24, 2.45) is 5.92 Å². The summed E-state index contributed by atoms with van der Waals surface area (Å²) < 4.78 is 1.05. The van der Waals surface area contributed by atoms with E-state index in [0.29, 0.717) is 5.92 Å². The molecule has 1 unspecified atom stereocenters. The molecule has 0 spiro atoms. The second-order valence-corrected chi connectivity index (χ2v) is 5.94. The first-order valence-corrected chi connectivity index (χ1v) is 7.50. The van der Waals surface area contributed by atoms with Gasteiger partial charge in [0.2, 0.25) is 0 Å². The van der Waals surface area contributed by atoms with Gasteiger partial charge in [0.1, 0.15) is 0 Å². The van der Waals surface area contributed by atoms with Crippen molar-refractivity contribution < 1.29 is 4.79 Å². The van der Waals surface area contributed by atoms with Crippen LogP contribution in [0, 0.1) is 16.4 Å². The molecule has 1 amide bonds. The van der Waals surface area contributed by atoms with Crippen LogP contribution in [-0.2, 0) is 0 Å². The molecule has 5 heteroatoms. The van der Waals surface area contributed by atoms with Crippen molar-refractivity contribution in [1.82, 2.24) is 10.6 Å². The predicted octanol–water partition coefficient (Wildman–Crippen LogP) is 2.75. The van der Waals surface area contributed by atoms with Crippen LogP contribution < -0.4 is 10.6 Å². The van der Waals surface area contributed by atoms with Crippen LogP contribution in [0.3, 0.4) is 0 Å². The Morgan fingerprint density at radius 3 is 3.00 bits per heavy atom. The fraction of sp³-hybridized carbons (Fsp3) is 0.500. The van der Waals surface area contributed by atoms with E-state index in [2.05, 4.69) is 33.2 Å². The molecule has 1 saturated heterocycles. The van der Waals surface area contributed by atoms with Gasteiger partial charge in [0.25, 0.3) is 5.91 Å². The molecule has 0 bridgehead atoms. The minimum Gasteiger partial charge on any atom is -0.352 e. The molecule has 19 heavy (non-hydrogen) atoms. The lowest BCUT2D eigenvalue weighted by Crippen LogP contribution is -2.38. The smallest absolute Gasteiger partial charge is 0.252 e. The Balaban J connectivity index is 0.00000180. The predicted molar refractivity (Wildman–Crippen MR) is 89.1 cm³/mol. The fourth-order valence-electron chi connectivity index (χ4n) is 2.25. The van der Waals surface area contributed by atoms with E-state index in [1.54, 1.807) is 0 Å². The molecular formula is C14H20ClIN2O. The van der Waals surface area contributed by atoms with Crippen molar-refractivity contribution in [3.8, 4) is 0 Å². The number of halogens is 2. The first-order chi connectivity index (χ1) is 8.68. The molecule has 0 aromatic heterocycles. The maximum atomic E-state index is 12.1. The molecule has 3 nitrogen and oxygen atoms in total. The molecule has 2 rings (SSSR count). The number of benzene rings is 1. The second-order valence-electron chi connectivity index (χ2n) is 4.86. The molecule has 1 fully saturated rings. The monoisotopic (exact) mass is 394 g/mol.